The van der Waals surface area contributed by atoms with Crippen molar-refractivity contribution in [3.63, 3.8) is 0 Å². The Morgan fingerprint density at radius 2 is 1.21 bits per heavy atom. The molecule has 0 radical (unpaired) electrons. The molecule has 2 aromatic carbocycles. The Bertz CT molecular complexity index is 662. The summed E-state index contributed by atoms with van der Waals surface area (Å²) in [4.78, 5) is 0. The van der Waals surface area contributed by atoms with Gasteiger partial charge in [0.05, 0.1) is 22.4 Å². The minimum atomic E-state index is 0.274. The first kappa shape index (κ1) is 17.4. The summed E-state index contributed by atoms with van der Waals surface area (Å²) in [6.45, 7) is 0.549. The average Bonchev–Trinajstić information content (AvgIpc) is 3.30. The molecule has 128 valence electrons. The van der Waals surface area contributed by atoms with Crippen LogP contribution in [0.4, 0.5) is 0 Å². The van der Waals surface area contributed by atoms with E-state index in [9.17, 15) is 10.2 Å². The summed E-state index contributed by atoms with van der Waals surface area (Å²) in [5.41, 5.74) is 2.71. The number of hydrogen-bond donors (Lipinski definition) is 2. The van der Waals surface area contributed by atoms with Gasteiger partial charge in [-0.2, -0.15) is 0 Å². The lowest BCUT2D eigenvalue weighted by Crippen LogP contribution is -2.05. The molecule has 2 saturated heterocycles. The molecule has 0 spiro atoms. The van der Waals surface area contributed by atoms with Crippen LogP contribution in [0.1, 0.15) is 20.3 Å². The third kappa shape index (κ3) is 3.60. The van der Waals surface area contributed by atoms with Crippen LogP contribution in [0, 0.1) is 0 Å². The van der Waals surface area contributed by atoms with E-state index >= 15 is 0 Å². The van der Waals surface area contributed by atoms with Crippen molar-refractivity contribution in [2.45, 2.75) is 19.7 Å². The van der Waals surface area contributed by atoms with Crippen LogP contribution in [-0.4, -0.2) is 45.4 Å². The summed E-state index contributed by atoms with van der Waals surface area (Å²) in [5.74, 6) is 2.07. The highest BCUT2D eigenvalue weighted by molar-refractivity contribution is 8.20. The van der Waals surface area contributed by atoms with Crippen molar-refractivity contribution in [2.24, 2.45) is 0 Å². The predicted molar refractivity (Wildman–Crippen MR) is 111 cm³/mol. The largest absolute Gasteiger partial charge is 0.395 e. The first-order chi connectivity index (χ1) is 11.8. The molecule has 2 aromatic rings. The van der Waals surface area contributed by atoms with Gasteiger partial charge in [-0.1, -0.05) is 24.3 Å². The fourth-order valence-corrected chi connectivity index (χ4v) is 9.30. The fourth-order valence-electron chi connectivity index (χ4n) is 3.01. The Balaban J connectivity index is 1.55. The SMILES string of the molecule is OCC1CSC(c2ccc3cc(C4SCC(CO)S4)ccc3c2)S1. The number of aliphatic hydroxyl groups is 2. The van der Waals surface area contributed by atoms with Gasteiger partial charge in [-0.15, -0.1) is 47.0 Å². The zero-order chi connectivity index (χ0) is 16.5. The van der Waals surface area contributed by atoms with Crippen molar-refractivity contribution in [3.05, 3.63) is 47.5 Å². The highest BCUT2D eigenvalue weighted by atomic mass is 32.2. The van der Waals surface area contributed by atoms with Crippen molar-refractivity contribution in [1.29, 1.82) is 0 Å². The zero-order valence-corrected chi connectivity index (χ0v) is 16.4. The van der Waals surface area contributed by atoms with Crippen LogP contribution in [0.2, 0.25) is 0 Å². The van der Waals surface area contributed by atoms with E-state index < -0.39 is 0 Å². The molecule has 4 rings (SSSR count). The molecule has 4 unspecified atom stereocenters. The van der Waals surface area contributed by atoms with Gasteiger partial charge in [0.25, 0.3) is 0 Å². The molecule has 2 N–H and O–H groups in total. The van der Waals surface area contributed by atoms with Crippen LogP contribution in [0.5, 0.6) is 0 Å². The van der Waals surface area contributed by atoms with Crippen molar-refractivity contribution >= 4 is 57.8 Å². The van der Waals surface area contributed by atoms with Crippen molar-refractivity contribution in [3.8, 4) is 0 Å². The van der Waals surface area contributed by atoms with Crippen molar-refractivity contribution < 1.29 is 10.2 Å². The quantitative estimate of drug-likeness (QED) is 0.792. The molecule has 4 atom stereocenters. The lowest BCUT2D eigenvalue weighted by Gasteiger charge is -2.13. The van der Waals surface area contributed by atoms with Crippen molar-refractivity contribution in [2.75, 3.05) is 24.7 Å². The molecule has 2 nitrogen and oxygen atoms in total. The molecule has 6 heteroatoms. The highest BCUT2D eigenvalue weighted by Crippen LogP contribution is 2.51. The van der Waals surface area contributed by atoms with Crippen LogP contribution >= 0.6 is 47.0 Å². The van der Waals surface area contributed by atoms with Crippen LogP contribution in [-0.2, 0) is 0 Å². The van der Waals surface area contributed by atoms with Gasteiger partial charge in [-0.3, -0.25) is 0 Å². The molecule has 0 aliphatic carbocycles. The Kier molecular flexibility index (Phi) is 5.61. The number of rotatable bonds is 4. The molecule has 24 heavy (non-hydrogen) atoms. The van der Waals surface area contributed by atoms with Gasteiger partial charge in [0.15, 0.2) is 0 Å². The van der Waals surface area contributed by atoms with Crippen LogP contribution < -0.4 is 0 Å². The van der Waals surface area contributed by atoms with E-state index in [-0.39, 0.29) is 13.2 Å². The van der Waals surface area contributed by atoms with Crippen LogP contribution in [0.3, 0.4) is 0 Å². The van der Waals surface area contributed by atoms with E-state index in [1.807, 2.05) is 47.0 Å². The number of fused-ring (bicyclic) bond motifs is 1. The number of aliphatic hydroxyl groups excluding tert-OH is 2. The number of hydrogen-bond acceptors (Lipinski definition) is 6. The Morgan fingerprint density at radius 1 is 0.750 bits per heavy atom. The molecule has 2 fully saturated rings. The number of benzene rings is 2. The lowest BCUT2D eigenvalue weighted by molar-refractivity contribution is 0.301. The van der Waals surface area contributed by atoms with E-state index in [1.54, 1.807) is 0 Å². The molecule has 0 amide bonds. The first-order valence-corrected chi connectivity index (χ1v) is 12.0. The standard InChI is InChI=1S/C18H20O2S4/c19-7-15-9-21-17(23-15)13-3-1-11-5-14(4-2-12(11)6-13)18-22-10-16(8-20)24-18/h1-6,15-20H,7-10H2. The average molecular weight is 397 g/mol. The number of thioether (sulfide) groups is 4. The Labute approximate surface area is 159 Å². The third-order valence-electron chi connectivity index (χ3n) is 4.34. The van der Waals surface area contributed by atoms with Gasteiger partial charge in [0, 0.05) is 22.0 Å². The minimum Gasteiger partial charge on any atom is -0.395 e. The van der Waals surface area contributed by atoms with E-state index in [0.29, 0.717) is 19.7 Å². The normalized spacial score (nSPS) is 30.2. The van der Waals surface area contributed by atoms with Crippen LogP contribution in [0.25, 0.3) is 10.8 Å². The Morgan fingerprint density at radius 3 is 1.58 bits per heavy atom. The van der Waals surface area contributed by atoms with Gasteiger partial charge in [0.1, 0.15) is 0 Å². The van der Waals surface area contributed by atoms with E-state index in [0.717, 1.165) is 11.5 Å². The summed E-state index contributed by atoms with van der Waals surface area (Å²) in [7, 11) is 0. The lowest BCUT2D eigenvalue weighted by atomic mass is 10.1. The highest BCUT2D eigenvalue weighted by Gasteiger charge is 2.28. The summed E-state index contributed by atoms with van der Waals surface area (Å²) >= 11 is 7.63. The summed E-state index contributed by atoms with van der Waals surface area (Å²) in [5, 5.41) is 22.0. The van der Waals surface area contributed by atoms with Gasteiger partial charge in [-0.05, 0) is 34.0 Å². The first-order valence-electron chi connectivity index (χ1n) is 8.06. The molecule has 2 aliphatic rings. The summed E-state index contributed by atoms with van der Waals surface area (Å²) < 4.78 is 0.884. The molecule has 0 aromatic heterocycles. The fraction of sp³-hybridized carbons (Fsp3) is 0.444. The second-order valence-electron chi connectivity index (χ2n) is 6.08. The molecule has 2 aliphatic heterocycles. The minimum absolute atomic E-state index is 0.274. The molecule has 0 saturated carbocycles. The summed E-state index contributed by atoms with van der Waals surface area (Å²) in [6, 6.07) is 13.5. The van der Waals surface area contributed by atoms with Gasteiger partial charge in [0.2, 0.25) is 0 Å². The van der Waals surface area contributed by atoms with Gasteiger partial charge < -0.3 is 10.2 Å². The monoisotopic (exact) mass is 396 g/mol. The maximum Gasteiger partial charge on any atom is 0.0755 e. The maximum atomic E-state index is 9.32. The van der Waals surface area contributed by atoms with E-state index in [1.165, 1.54) is 21.9 Å². The van der Waals surface area contributed by atoms with Gasteiger partial charge in [-0.25, -0.2) is 0 Å². The second-order valence-corrected chi connectivity index (χ2v) is 11.8. The summed E-state index contributed by atoms with van der Waals surface area (Å²) in [6.07, 6.45) is 0. The van der Waals surface area contributed by atoms with Crippen LogP contribution in [0.15, 0.2) is 36.4 Å². The second kappa shape index (κ2) is 7.72. The molecular formula is C18H20O2S4. The smallest absolute Gasteiger partial charge is 0.0755 e. The van der Waals surface area contributed by atoms with E-state index in [4.69, 9.17) is 0 Å². The third-order valence-corrected chi connectivity index (χ3v) is 11.0. The molecule has 2 heterocycles. The predicted octanol–water partition coefficient (Wildman–Crippen LogP) is 4.52. The van der Waals surface area contributed by atoms with Crippen molar-refractivity contribution in [1.82, 2.24) is 0 Å². The Hall–Kier alpha value is 0.0200. The molecular weight excluding hydrogens is 376 g/mol. The van der Waals surface area contributed by atoms with Gasteiger partial charge >= 0.3 is 0 Å². The van der Waals surface area contributed by atoms with E-state index in [2.05, 4.69) is 36.4 Å². The zero-order valence-electron chi connectivity index (χ0n) is 13.1. The topological polar surface area (TPSA) is 40.5 Å². The molecule has 0 bridgehead atoms. The maximum absolute atomic E-state index is 9.32.